The van der Waals surface area contributed by atoms with E-state index >= 15 is 0 Å². The van der Waals surface area contributed by atoms with Crippen LogP contribution in [0.25, 0.3) is 0 Å². The molecule has 4 rings (SSSR count). The monoisotopic (exact) mass is 435 g/mol. The van der Waals surface area contributed by atoms with Crippen molar-refractivity contribution in [2.24, 2.45) is 0 Å². The van der Waals surface area contributed by atoms with Crippen molar-refractivity contribution in [2.45, 2.75) is 38.6 Å². The lowest BCUT2D eigenvalue weighted by molar-refractivity contribution is -0.123. The summed E-state index contributed by atoms with van der Waals surface area (Å²) in [5, 5.41) is 6.46. The third-order valence-corrected chi connectivity index (χ3v) is 6.48. The van der Waals surface area contributed by atoms with Gasteiger partial charge in [-0.3, -0.25) is 14.9 Å². The Kier molecular flexibility index (Phi) is 6.32. The van der Waals surface area contributed by atoms with Crippen LogP contribution in [0.2, 0.25) is 0 Å². The minimum atomic E-state index is -0.289. The molecular formula is C24H25N3O3S. The zero-order valence-corrected chi connectivity index (χ0v) is 18.4. The molecule has 1 atom stereocenters. The van der Waals surface area contributed by atoms with Gasteiger partial charge in [0.1, 0.15) is 5.75 Å². The highest BCUT2D eigenvalue weighted by atomic mass is 32.1. The highest BCUT2D eigenvalue weighted by molar-refractivity contribution is 7.16. The first-order valence-corrected chi connectivity index (χ1v) is 11.1. The molecule has 1 aromatic heterocycles. The molecule has 0 radical (unpaired) electrons. The van der Waals surface area contributed by atoms with Crippen LogP contribution < -0.4 is 15.4 Å². The van der Waals surface area contributed by atoms with E-state index < -0.39 is 0 Å². The number of nitrogens with one attached hydrogen (secondary N) is 2. The van der Waals surface area contributed by atoms with E-state index in [-0.39, 0.29) is 17.7 Å². The molecule has 0 bridgehead atoms. The molecule has 0 aliphatic heterocycles. The summed E-state index contributed by atoms with van der Waals surface area (Å²) in [4.78, 5) is 31.1. The van der Waals surface area contributed by atoms with E-state index in [1.54, 1.807) is 19.2 Å². The summed E-state index contributed by atoms with van der Waals surface area (Å²) >= 11 is 1.46. The summed E-state index contributed by atoms with van der Waals surface area (Å²) in [5.74, 6) is 0.281. The molecule has 7 heteroatoms. The van der Waals surface area contributed by atoms with Gasteiger partial charge in [-0.25, -0.2) is 4.98 Å². The second-order valence-corrected chi connectivity index (χ2v) is 8.74. The van der Waals surface area contributed by atoms with Gasteiger partial charge in [0.15, 0.2) is 5.13 Å². The van der Waals surface area contributed by atoms with Crippen molar-refractivity contribution >= 4 is 28.3 Å². The number of amides is 2. The Morgan fingerprint density at radius 1 is 1.13 bits per heavy atom. The van der Waals surface area contributed by atoms with Gasteiger partial charge < -0.3 is 10.1 Å². The van der Waals surface area contributed by atoms with Gasteiger partial charge in [0, 0.05) is 17.0 Å². The normalized spacial score (nSPS) is 15.1. The first-order chi connectivity index (χ1) is 15.0. The van der Waals surface area contributed by atoms with Crippen LogP contribution in [0.4, 0.5) is 5.13 Å². The fraction of sp³-hybridized carbons (Fsp3) is 0.292. The highest BCUT2D eigenvalue weighted by Gasteiger charge is 2.30. The summed E-state index contributed by atoms with van der Waals surface area (Å²) in [6, 6.07) is 15.0. The number of anilines is 1. The van der Waals surface area contributed by atoms with Crippen LogP contribution in [0.5, 0.6) is 5.75 Å². The van der Waals surface area contributed by atoms with Crippen molar-refractivity contribution in [3.63, 3.8) is 0 Å². The molecule has 31 heavy (non-hydrogen) atoms. The molecule has 0 saturated heterocycles. The molecule has 0 spiro atoms. The van der Waals surface area contributed by atoms with Crippen molar-refractivity contribution in [3.05, 3.63) is 75.8 Å². The Labute approximate surface area is 185 Å². The number of benzene rings is 2. The highest BCUT2D eigenvalue weighted by Crippen LogP contribution is 2.37. The maximum atomic E-state index is 12.9. The van der Waals surface area contributed by atoms with Crippen LogP contribution in [0, 0.1) is 6.92 Å². The molecule has 1 aliphatic carbocycles. The van der Waals surface area contributed by atoms with Crippen molar-refractivity contribution in [1.29, 1.82) is 0 Å². The Hall–Kier alpha value is -3.19. The maximum absolute atomic E-state index is 12.9. The quantitative estimate of drug-likeness (QED) is 0.600. The number of aromatic nitrogens is 1. The number of nitrogens with zero attached hydrogens (tertiary/aromatic N) is 1. The van der Waals surface area contributed by atoms with Gasteiger partial charge in [-0.05, 0) is 56.0 Å². The third-order valence-electron chi connectivity index (χ3n) is 5.43. The van der Waals surface area contributed by atoms with Gasteiger partial charge in [0.25, 0.3) is 5.91 Å². The molecule has 2 aromatic carbocycles. The molecule has 1 heterocycles. The number of hydrogen-bond donors (Lipinski definition) is 2. The topological polar surface area (TPSA) is 80.3 Å². The lowest BCUT2D eigenvalue weighted by atomic mass is 9.90. The molecule has 6 nitrogen and oxygen atoms in total. The SMILES string of the molecule is COc1ccc(CNC(=O)C2CCCc3sc(NC(=O)c4ccc(C)cc4)nc32)cc1. The smallest absolute Gasteiger partial charge is 0.257 e. The lowest BCUT2D eigenvalue weighted by Crippen LogP contribution is -2.31. The number of rotatable bonds is 6. The number of methoxy groups -OCH3 is 1. The number of thiazole rings is 1. The number of hydrogen-bond acceptors (Lipinski definition) is 5. The Balaban J connectivity index is 1.42. The van der Waals surface area contributed by atoms with Crippen molar-refractivity contribution in [2.75, 3.05) is 12.4 Å². The fourth-order valence-electron chi connectivity index (χ4n) is 3.66. The fourth-order valence-corrected chi connectivity index (χ4v) is 4.72. The molecular weight excluding hydrogens is 410 g/mol. The van der Waals surface area contributed by atoms with Gasteiger partial charge in [0.05, 0.1) is 18.7 Å². The van der Waals surface area contributed by atoms with Crippen LogP contribution in [-0.4, -0.2) is 23.9 Å². The zero-order valence-electron chi connectivity index (χ0n) is 17.6. The number of carbonyl (C=O) groups excluding carboxylic acids is 2. The van der Waals surface area contributed by atoms with Crippen LogP contribution in [0.3, 0.4) is 0 Å². The summed E-state index contributed by atoms with van der Waals surface area (Å²) in [7, 11) is 1.63. The van der Waals surface area contributed by atoms with Gasteiger partial charge in [-0.2, -0.15) is 0 Å². The standard InChI is InChI=1S/C24H25N3O3S/c1-15-6-10-17(11-7-15)22(28)27-24-26-21-19(4-3-5-20(21)31-24)23(29)25-14-16-8-12-18(30-2)13-9-16/h6-13,19H,3-5,14H2,1-2H3,(H,25,29)(H,26,27,28). The minimum Gasteiger partial charge on any atom is -0.497 e. The number of carbonyl (C=O) groups is 2. The Morgan fingerprint density at radius 2 is 1.87 bits per heavy atom. The number of fused-ring (bicyclic) bond motifs is 1. The zero-order chi connectivity index (χ0) is 21.8. The average molecular weight is 436 g/mol. The Morgan fingerprint density at radius 3 is 2.58 bits per heavy atom. The van der Waals surface area contributed by atoms with E-state index in [1.165, 1.54) is 11.3 Å². The Bertz CT molecular complexity index is 1070. The summed E-state index contributed by atoms with van der Waals surface area (Å²) < 4.78 is 5.17. The van der Waals surface area contributed by atoms with E-state index in [9.17, 15) is 9.59 Å². The van der Waals surface area contributed by atoms with E-state index in [2.05, 4.69) is 15.6 Å². The van der Waals surface area contributed by atoms with E-state index in [0.29, 0.717) is 17.2 Å². The molecule has 0 fully saturated rings. The number of aryl methyl sites for hydroxylation is 2. The molecule has 3 aromatic rings. The maximum Gasteiger partial charge on any atom is 0.257 e. The van der Waals surface area contributed by atoms with E-state index in [4.69, 9.17) is 4.74 Å². The predicted molar refractivity (Wildman–Crippen MR) is 122 cm³/mol. The first-order valence-electron chi connectivity index (χ1n) is 10.3. The van der Waals surface area contributed by atoms with Crippen LogP contribution >= 0.6 is 11.3 Å². The molecule has 160 valence electrons. The average Bonchev–Trinajstić information content (AvgIpc) is 3.20. The van der Waals surface area contributed by atoms with Crippen molar-refractivity contribution in [3.8, 4) is 5.75 Å². The van der Waals surface area contributed by atoms with Crippen LogP contribution in [-0.2, 0) is 17.8 Å². The molecule has 1 aliphatic rings. The third kappa shape index (κ3) is 4.94. The molecule has 2 N–H and O–H groups in total. The van der Waals surface area contributed by atoms with E-state index in [0.717, 1.165) is 46.7 Å². The van der Waals surface area contributed by atoms with E-state index in [1.807, 2.05) is 43.3 Å². The second-order valence-electron chi connectivity index (χ2n) is 7.66. The second kappa shape index (κ2) is 9.31. The van der Waals surface area contributed by atoms with Crippen LogP contribution in [0.15, 0.2) is 48.5 Å². The van der Waals surface area contributed by atoms with Crippen molar-refractivity contribution in [1.82, 2.24) is 10.3 Å². The summed E-state index contributed by atoms with van der Waals surface area (Å²) in [6.07, 6.45) is 2.58. The minimum absolute atomic E-state index is 0.0292. The van der Waals surface area contributed by atoms with Gasteiger partial charge in [-0.1, -0.05) is 29.8 Å². The first kappa shape index (κ1) is 21.1. The van der Waals surface area contributed by atoms with Gasteiger partial charge in [-0.15, -0.1) is 11.3 Å². The lowest BCUT2D eigenvalue weighted by Gasteiger charge is -2.20. The van der Waals surface area contributed by atoms with Crippen molar-refractivity contribution < 1.29 is 14.3 Å². The largest absolute Gasteiger partial charge is 0.497 e. The van der Waals surface area contributed by atoms with Crippen LogP contribution in [0.1, 0.15) is 50.8 Å². The number of ether oxygens (including phenoxy) is 1. The van der Waals surface area contributed by atoms with Gasteiger partial charge in [0.2, 0.25) is 5.91 Å². The summed E-state index contributed by atoms with van der Waals surface area (Å²) in [6.45, 7) is 2.44. The molecule has 2 amide bonds. The molecule has 0 saturated carbocycles. The predicted octanol–water partition coefficient (Wildman–Crippen LogP) is 4.45. The molecule has 1 unspecified atom stereocenters. The van der Waals surface area contributed by atoms with Gasteiger partial charge >= 0.3 is 0 Å². The summed E-state index contributed by atoms with van der Waals surface area (Å²) in [5.41, 5.74) is 3.49.